The zero-order valence-electron chi connectivity index (χ0n) is 14.7. The summed E-state index contributed by atoms with van der Waals surface area (Å²) in [6.07, 6.45) is 3.52. The van der Waals surface area contributed by atoms with Crippen LogP contribution in [-0.2, 0) is 7.05 Å². The Bertz CT molecular complexity index is 955. The predicted octanol–water partition coefficient (Wildman–Crippen LogP) is 3.88. The van der Waals surface area contributed by atoms with Crippen LogP contribution in [0.2, 0.25) is 5.15 Å². The number of halogens is 1. The van der Waals surface area contributed by atoms with Gasteiger partial charge in [0, 0.05) is 25.2 Å². The highest BCUT2D eigenvalue weighted by molar-refractivity contribution is 6.29. The molecule has 7 nitrogen and oxygen atoms in total. The summed E-state index contributed by atoms with van der Waals surface area (Å²) in [7, 11) is 3.33. The molecule has 0 atom stereocenters. The Hall–Kier alpha value is -2.93. The lowest BCUT2D eigenvalue weighted by Crippen LogP contribution is -2.05. The average Bonchev–Trinajstić information content (AvgIpc) is 3.07. The number of ketones is 1. The van der Waals surface area contributed by atoms with E-state index in [0.717, 1.165) is 5.56 Å². The van der Waals surface area contributed by atoms with E-state index in [9.17, 15) is 4.79 Å². The van der Waals surface area contributed by atoms with E-state index in [2.05, 4.69) is 20.5 Å². The second-order valence-electron chi connectivity index (χ2n) is 5.56. The Morgan fingerprint density at radius 2 is 2.12 bits per heavy atom. The molecule has 3 rings (SSSR count). The first kappa shape index (κ1) is 17.9. The maximum Gasteiger partial charge on any atom is 0.166 e. The van der Waals surface area contributed by atoms with E-state index in [1.807, 2.05) is 18.2 Å². The molecule has 1 N–H and O–H groups in total. The number of methoxy groups -OCH3 is 1. The number of hydrogen-bond acceptors (Lipinski definition) is 6. The molecule has 2 heterocycles. The number of hydrogen-bond donors (Lipinski definition) is 1. The van der Waals surface area contributed by atoms with E-state index in [0.29, 0.717) is 40.0 Å². The van der Waals surface area contributed by atoms with Crippen molar-refractivity contribution in [2.75, 3.05) is 12.4 Å². The van der Waals surface area contributed by atoms with Crippen molar-refractivity contribution in [2.24, 2.45) is 7.05 Å². The number of carbonyl (C=O) groups excluding carboxylic acids is 1. The van der Waals surface area contributed by atoms with Crippen LogP contribution in [0.15, 0.2) is 36.7 Å². The number of nitrogens with zero attached hydrogens (tertiary/aromatic N) is 4. The van der Waals surface area contributed by atoms with Gasteiger partial charge in [0.1, 0.15) is 10.8 Å². The van der Waals surface area contributed by atoms with Crippen molar-refractivity contribution in [2.45, 2.75) is 13.3 Å². The first-order chi connectivity index (χ1) is 12.5. The third-order valence-corrected chi connectivity index (χ3v) is 4.06. The van der Waals surface area contributed by atoms with Gasteiger partial charge in [-0.3, -0.25) is 4.79 Å². The molecule has 2 aromatic heterocycles. The fourth-order valence-corrected chi connectivity index (χ4v) is 2.78. The van der Waals surface area contributed by atoms with Gasteiger partial charge in [0.05, 0.1) is 30.2 Å². The molecular weight excluding hydrogens is 354 g/mol. The topological polar surface area (TPSA) is 81.9 Å². The van der Waals surface area contributed by atoms with E-state index < -0.39 is 0 Å². The minimum absolute atomic E-state index is 0.0271. The summed E-state index contributed by atoms with van der Waals surface area (Å²) in [4.78, 5) is 17.7. The van der Waals surface area contributed by atoms with Gasteiger partial charge in [0.2, 0.25) is 0 Å². The normalized spacial score (nSPS) is 10.6. The number of anilines is 2. The van der Waals surface area contributed by atoms with Crippen LogP contribution in [0.4, 0.5) is 11.4 Å². The second-order valence-corrected chi connectivity index (χ2v) is 5.95. The molecule has 0 unspecified atom stereocenters. The molecule has 8 heteroatoms. The number of para-hydroxylation sites is 1. The van der Waals surface area contributed by atoms with Crippen LogP contribution in [0, 0.1) is 0 Å². The summed E-state index contributed by atoms with van der Waals surface area (Å²) in [5.41, 5.74) is 3.21. The van der Waals surface area contributed by atoms with Crippen LogP contribution in [-0.4, -0.2) is 32.9 Å². The average molecular weight is 372 g/mol. The van der Waals surface area contributed by atoms with Gasteiger partial charge in [-0.05, 0) is 18.2 Å². The zero-order chi connectivity index (χ0) is 18.7. The first-order valence-electron chi connectivity index (χ1n) is 8.03. The standard InChI is InChI=1S/C18H18ClN5O2/c1-4-16(25)12-9-20-17(19)8-14(12)22-13-7-5-6-11(18(13)26-3)15-10-21-24(2)23-15/h5-10H,4H2,1-3H3,(H,20,22). The minimum atomic E-state index is -0.0271. The van der Waals surface area contributed by atoms with Crippen molar-refractivity contribution >= 4 is 28.8 Å². The number of aryl methyl sites for hydroxylation is 1. The van der Waals surface area contributed by atoms with Gasteiger partial charge in [0.15, 0.2) is 11.5 Å². The highest BCUT2D eigenvalue weighted by Crippen LogP contribution is 2.37. The van der Waals surface area contributed by atoms with Crippen LogP contribution in [0.1, 0.15) is 23.7 Å². The Balaban J connectivity index is 2.06. The molecule has 134 valence electrons. The molecule has 0 aliphatic heterocycles. The Kier molecular flexibility index (Phi) is 5.18. The van der Waals surface area contributed by atoms with Crippen LogP contribution < -0.4 is 10.1 Å². The molecule has 3 aromatic rings. The molecule has 0 aliphatic rings. The van der Waals surface area contributed by atoms with Crippen LogP contribution in [0.5, 0.6) is 5.75 Å². The van der Waals surface area contributed by atoms with Crippen molar-refractivity contribution in [1.82, 2.24) is 20.0 Å². The van der Waals surface area contributed by atoms with Gasteiger partial charge in [-0.15, -0.1) is 0 Å². The van der Waals surface area contributed by atoms with Gasteiger partial charge >= 0.3 is 0 Å². The fourth-order valence-electron chi connectivity index (χ4n) is 2.62. The monoisotopic (exact) mass is 371 g/mol. The molecule has 0 spiro atoms. The molecular formula is C18H18ClN5O2. The molecule has 0 aliphatic carbocycles. The maximum atomic E-state index is 12.2. The van der Waals surface area contributed by atoms with Crippen LogP contribution in [0.25, 0.3) is 11.3 Å². The van der Waals surface area contributed by atoms with Crippen molar-refractivity contribution in [1.29, 1.82) is 0 Å². The van der Waals surface area contributed by atoms with E-state index in [-0.39, 0.29) is 5.78 Å². The van der Waals surface area contributed by atoms with Crippen LogP contribution in [0.3, 0.4) is 0 Å². The zero-order valence-corrected chi connectivity index (χ0v) is 15.4. The van der Waals surface area contributed by atoms with Crippen LogP contribution >= 0.6 is 11.6 Å². The number of pyridine rings is 1. The number of carbonyl (C=O) groups is 1. The summed E-state index contributed by atoms with van der Waals surface area (Å²) in [6, 6.07) is 7.25. The Labute approximate surface area is 156 Å². The number of ether oxygens (including phenoxy) is 1. The summed E-state index contributed by atoms with van der Waals surface area (Å²) >= 11 is 6.02. The summed E-state index contributed by atoms with van der Waals surface area (Å²) < 4.78 is 5.60. The highest BCUT2D eigenvalue weighted by Gasteiger charge is 2.17. The molecule has 1 aromatic carbocycles. The number of aromatic nitrogens is 4. The second kappa shape index (κ2) is 7.53. The molecule has 0 bridgehead atoms. The third kappa shape index (κ3) is 3.52. The molecule has 0 amide bonds. The lowest BCUT2D eigenvalue weighted by atomic mass is 10.1. The van der Waals surface area contributed by atoms with E-state index >= 15 is 0 Å². The molecule has 0 radical (unpaired) electrons. The van der Waals surface area contributed by atoms with Crippen molar-refractivity contribution in [3.8, 4) is 17.0 Å². The maximum absolute atomic E-state index is 12.2. The van der Waals surface area contributed by atoms with Gasteiger partial charge < -0.3 is 10.1 Å². The third-order valence-electron chi connectivity index (χ3n) is 3.86. The number of Topliss-reactive ketones (excluding diaryl/α,β-unsaturated/α-hetero) is 1. The summed E-state index contributed by atoms with van der Waals surface area (Å²) in [6.45, 7) is 1.80. The van der Waals surface area contributed by atoms with Gasteiger partial charge in [-0.1, -0.05) is 24.6 Å². The van der Waals surface area contributed by atoms with Gasteiger partial charge in [-0.2, -0.15) is 15.0 Å². The first-order valence-corrected chi connectivity index (χ1v) is 8.40. The minimum Gasteiger partial charge on any atom is -0.494 e. The van der Waals surface area contributed by atoms with Gasteiger partial charge in [-0.25, -0.2) is 4.98 Å². The quantitative estimate of drug-likeness (QED) is 0.523. The number of rotatable bonds is 6. The van der Waals surface area contributed by atoms with E-state index in [4.69, 9.17) is 16.3 Å². The molecule has 0 fully saturated rings. The van der Waals surface area contributed by atoms with Crippen molar-refractivity contribution in [3.63, 3.8) is 0 Å². The summed E-state index contributed by atoms with van der Waals surface area (Å²) in [5.74, 6) is 0.566. The molecule has 0 saturated heterocycles. The lowest BCUT2D eigenvalue weighted by molar-refractivity contribution is 0.0988. The smallest absolute Gasteiger partial charge is 0.166 e. The largest absolute Gasteiger partial charge is 0.494 e. The SMILES string of the molecule is CCC(=O)c1cnc(Cl)cc1Nc1cccc(-c2cnn(C)n2)c1OC. The van der Waals surface area contributed by atoms with Gasteiger partial charge in [0.25, 0.3) is 0 Å². The van der Waals surface area contributed by atoms with E-state index in [1.54, 1.807) is 33.3 Å². The van der Waals surface area contributed by atoms with E-state index in [1.165, 1.54) is 11.0 Å². The van der Waals surface area contributed by atoms with Crippen molar-refractivity contribution in [3.05, 3.63) is 47.4 Å². The summed E-state index contributed by atoms with van der Waals surface area (Å²) in [5, 5.41) is 12.0. The van der Waals surface area contributed by atoms with Crippen molar-refractivity contribution < 1.29 is 9.53 Å². The fraction of sp³-hybridized carbons (Fsp3) is 0.222. The predicted molar refractivity (Wildman–Crippen MR) is 100 cm³/mol. The molecule has 26 heavy (non-hydrogen) atoms. The number of nitrogens with one attached hydrogen (secondary N) is 1. The molecule has 0 saturated carbocycles. The highest BCUT2D eigenvalue weighted by atomic mass is 35.5. The number of benzene rings is 1. The Morgan fingerprint density at radius 1 is 1.31 bits per heavy atom. The Morgan fingerprint density at radius 3 is 2.77 bits per heavy atom. The lowest BCUT2D eigenvalue weighted by Gasteiger charge is -2.16.